The van der Waals surface area contributed by atoms with Crippen molar-refractivity contribution >= 4 is 28.4 Å². The number of imidazole rings is 1. The zero-order valence-corrected chi connectivity index (χ0v) is 19.4. The highest BCUT2D eigenvalue weighted by Gasteiger charge is 2.14. The zero-order chi connectivity index (χ0) is 24.2. The van der Waals surface area contributed by atoms with Crippen LogP contribution in [0.3, 0.4) is 0 Å². The molecule has 0 bridgehead atoms. The van der Waals surface area contributed by atoms with Crippen molar-refractivity contribution in [1.29, 1.82) is 5.26 Å². The highest BCUT2D eigenvalue weighted by atomic mass is 19.1. The molecular weight excluding hydrogens is 435 g/mol. The monoisotopic (exact) mass is 460 g/mol. The van der Waals surface area contributed by atoms with E-state index in [-0.39, 0.29) is 5.56 Å². The Kier molecular flexibility index (Phi) is 6.50. The first kappa shape index (κ1) is 22.9. The van der Waals surface area contributed by atoms with Crippen LogP contribution in [-0.4, -0.2) is 28.8 Å². The van der Waals surface area contributed by atoms with Gasteiger partial charge in [-0.3, -0.25) is 0 Å². The summed E-state index contributed by atoms with van der Waals surface area (Å²) >= 11 is 0. The largest absolute Gasteiger partial charge is 0.497 e. The molecule has 0 saturated heterocycles. The van der Waals surface area contributed by atoms with Crippen LogP contribution in [0, 0.1) is 17.1 Å². The molecule has 0 spiro atoms. The molecule has 8 nitrogen and oxygen atoms in total. The third kappa shape index (κ3) is 4.43. The van der Waals surface area contributed by atoms with Crippen molar-refractivity contribution in [3.63, 3.8) is 0 Å². The summed E-state index contributed by atoms with van der Waals surface area (Å²) in [5.41, 5.74) is 3.90. The molecule has 2 heterocycles. The lowest BCUT2D eigenvalue weighted by Gasteiger charge is -2.15. The van der Waals surface area contributed by atoms with Gasteiger partial charge in [0.25, 0.3) is 0 Å². The van der Waals surface area contributed by atoms with Crippen molar-refractivity contribution in [2.45, 2.75) is 19.9 Å². The van der Waals surface area contributed by atoms with E-state index in [0.717, 1.165) is 16.6 Å². The topological polar surface area (TPSA) is 97.0 Å². The summed E-state index contributed by atoms with van der Waals surface area (Å²) < 4.78 is 27.0. The lowest BCUT2D eigenvalue weighted by atomic mass is 10.1. The van der Waals surface area contributed by atoms with Gasteiger partial charge in [-0.05, 0) is 36.2 Å². The molecule has 2 aromatic heterocycles. The molecule has 0 aliphatic heterocycles. The number of fused-ring (bicyclic) bond motifs is 1. The van der Waals surface area contributed by atoms with Gasteiger partial charge in [0.15, 0.2) is 5.82 Å². The number of nitriles is 1. The third-order valence-corrected chi connectivity index (χ3v) is 5.61. The molecule has 174 valence electrons. The number of aromatic nitrogens is 3. The summed E-state index contributed by atoms with van der Waals surface area (Å²) in [7, 11) is 5.12. The second-order valence-electron chi connectivity index (χ2n) is 7.69. The maximum atomic E-state index is 14.3. The van der Waals surface area contributed by atoms with E-state index in [4.69, 9.17) is 19.7 Å². The fourth-order valence-electron chi connectivity index (χ4n) is 3.74. The number of ether oxygens (including phenoxy) is 2. The summed E-state index contributed by atoms with van der Waals surface area (Å²) in [6.45, 7) is 2.40. The average molecular weight is 461 g/mol. The molecule has 0 amide bonds. The molecule has 0 unspecified atom stereocenters. The van der Waals surface area contributed by atoms with Crippen LogP contribution in [0.1, 0.15) is 23.6 Å². The lowest BCUT2D eigenvalue weighted by Crippen LogP contribution is -2.06. The molecule has 4 rings (SSSR count). The maximum Gasteiger partial charge on any atom is 0.156 e. The number of benzene rings is 2. The van der Waals surface area contributed by atoms with Crippen molar-refractivity contribution in [1.82, 2.24) is 14.5 Å². The zero-order valence-electron chi connectivity index (χ0n) is 19.4. The lowest BCUT2D eigenvalue weighted by molar-refractivity contribution is 0.391. The van der Waals surface area contributed by atoms with Gasteiger partial charge in [0.05, 0.1) is 31.6 Å². The van der Waals surface area contributed by atoms with E-state index in [0.29, 0.717) is 47.3 Å². The van der Waals surface area contributed by atoms with E-state index >= 15 is 0 Å². The second-order valence-corrected chi connectivity index (χ2v) is 7.69. The number of pyridine rings is 1. The van der Waals surface area contributed by atoms with Crippen molar-refractivity contribution in [2.24, 2.45) is 7.05 Å². The van der Waals surface area contributed by atoms with Gasteiger partial charge in [0.1, 0.15) is 34.7 Å². The summed E-state index contributed by atoms with van der Waals surface area (Å²) in [6, 6.07) is 12.3. The summed E-state index contributed by atoms with van der Waals surface area (Å²) in [5.74, 6) is 1.93. The van der Waals surface area contributed by atoms with Gasteiger partial charge < -0.3 is 24.7 Å². The Hall–Kier alpha value is -4.32. The van der Waals surface area contributed by atoms with E-state index in [1.54, 1.807) is 26.6 Å². The number of rotatable bonds is 8. The van der Waals surface area contributed by atoms with Gasteiger partial charge in [-0.1, -0.05) is 6.92 Å². The van der Waals surface area contributed by atoms with Crippen LogP contribution in [0.25, 0.3) is 11.0 Å². The van der Waals surface area contributed by atoms with Crippen molar-refractivity contribution in [3.05, 3.63) is 65.2 Å². The Morgan fingerprint density at radius 3 is 2.65 bits per heavy atom. The van der Waals surface area contributed by atoms with Crippen LogP contribution in [0.2, 0.25) is 0 Å². The summed E-state index contributed by atoms with van der Waals surface area (Å²) in [4.78, 5) is 9.19. The van der Waals surface area contributed by atoms with Crippen LogP contribution >= 0.6 is 0 Å². The van der Waals surface area contributed by atoms with Gasteiger partial charge in [0, 0.05) is 37.0 Å². The molecule has 4 aromatic rings. The normalized spacial score (nSPS) is 10.7. The van der Waals surface area contributed by atoms with Gasteiger partial charge >= 0.3 is 0 Å². The first-order valence-electron chi connectivity index (χ1n) is 10.7. The summed E-state index contributed by atoms with van der Waals surface area (Å²) in [5, 5.41) is 15.7. The molecule has 34 heavy (non-hydrogen) atoms. The predicted molar refractivity (Wildman–Crippen MR) is 129 cm³/mol. The predicted octanol–water partition coefficient (Wildman–Crippen LogP) is 4.91. The van der Waals surface area contributed by atoms with E-state index in [9.17, 15) is 4.39 Å². The number of hydrogen-bond acceptors (Lipinski definition) is 7. The highest BCUT2D eigenvalue weighted by molar-refractivity contribution is 5.89. The number of hydrogen-bond donors (Lipinski definition) is 2. The minimum absolute atomic E-state index is 0.0215. The molecule has 0 aliphatic carbocycles. The number of methoxy groups -OCH3 is 2. The van der Waals surface area contributed by atoms with Crippen LogP contribution in [0.5, 0.6) is 11.5 Å². The van der Waals surface area contributed by atoms with Crippen molar-refractivity contribution < 1.29 is 13.9 Å². The highest BCUT2D eigenvalue weighted by Crippen LogP contribution is 2.30. The van der Waals surface area contributed by atoms with Crippen molar-refractivity contribution in [3.8, 4) is 17.6 Å². The van der Waals surface area contributed by atoms with E-state index in [1.807, 2.05) is 48.9 Å². The molecule has 0 fully saturated rings. The van der Waals surface area contributed by atoms with Gasteiger partial charge in [-0.25, -0.2) is 14.4 Å². The molecule has 9 heteroatoms. The van der Waals surface area contributed by atoms with Gasteiger partial charge in [-0.15, -0.1) is 0 Å². The number of nitrogens with zero attached hydrogens (tertiary/aromatic N) is 4. The molecule has 0 aliphatic rings. The first-order valence-corrected chi connectivity index (χ1v) is 10.7. The number of anilines is 3. The van der Waals surface area contributed by atoms with E-state index in [2.05, 4.69) is 15.6 Å². The average Bonchev–Trinajstić information content (AvgIpc) is 3.23. The third-order valence-electron chi connectivity index (χ3n) is 5.61. The Morgan fingerprint density at radius 1 is 1.12 bits per heavy atom. The maximum absolute atomic E-state index is 14.3. The van der Waals surface area contributed by atoms with Gasteiger partial charge in [-0.2, -0.15) is 5.26 Å². The van der Waals surface area contributed by atoms with Gasteiger partial charge in [0.2, 0.25) is 0 Å². The molecule has 0 radical (unpaired) electrons. The van der Waals surface area contributed by atoms with Crippen LogP contribution in [0.15, 0.2) is 42.7 Å². The standard InChI is InChI=1S/C25H25FN6O2/c1-5-15-8-17(12-27)19(26)10-20(15)30-23-11-21-24(29-14-32(21)2)25(31-23)28-13-16-6-7-18(33-3)9-22(16)34-4/h6-11,14H,5,13H2,1-4H3,(H2,28,30,31). The Bertz CT molecular complexity index is 1390. The van der Waals surface area contributed by atoms with E-state index in [1.165, 1.54) is 6.07 Å². The minimum Gasteiger partial charge on any atom is -0.497 e. The Labute approximate surface area is 197 Å². The van der Waals surface area contributed by atoms with Crippen LogP contribution in [0.4, 0.5) is 21.7 Å². The first-order chi connectivity index (χ1) is 16.5. The smallest absolute Gasteiger partial charge is 0.156 e. The molecule has 0 atom stereocenters. The molecular formula is C25H25FN6O2. The summed E-state index contributed by atoms with van der Waals surface area (Å²) in [6.07, 6.45) is 2.35. The number of nitrogens with one attached hydrogen (secondary N) is 2. The SMILES string of the molecule is CCc1cc(C#N)c(F)cc1Nc1cc2c(ncn2C)c(NCc2ccc(OC)cc2OC)n1. The van der Waals surface area contributed by atoms with E-state index < -0.39 is 5.82 Å². The Balaban J connectivity index is 1.69. The fraction of sp³-hybridized carbons (Fsp3) is 0.240. The quantitative estimate of drug-likeness (QED) is 0.385. The molecule has 2 aromatic carbocycles. The second kappa shape index (κ2) is 9.67. The molecule has 0 saturated carbocycles. The van der Waals surface area contributed by atoms with Crippen molar-refractivity contribution in [2.75, 3.05) is 24.9 Å². The number of aryl methyl sites for hydroxylation is 2. The number of halogens is 1. The van der Waals surface area contributed by atoms with Crippen LogP contribution < -0.4 is 20.1 Å². The van der Waals surface area contributed by atoms with Crippen LogP contribution in [-0.2, 0) is 20.0 Å². The fourth-order valence-corrected chi connectivity index (χ4v) is 3.74. The molecule has 2 N–H and O–H groups in total. The minimum atomic E-state index is -0.575. The Morgan fingerprint density at radius 2 is 1.94 bits per heavy atom.